The van der Waals surface area contributed by atoms with E-state index >= 15 is 0 Å². The number of imidazole rings is 1. The number of halogens is 1. The largest absolute Gasteiger partial charge is 0.462 e. The molecule has 3 aromatic rings. The minimum Gasteiger partial charge on any atom is -0.462 e. The SMILES string of the molecule is CCCCN[C@H]1CN(c2nc3cccc(C(=O)OCC)c3s2)CC[C@@H]1NC(=O)c1nc(Cl)c(CC)[nH]1. The molecule has 9 nitrogen and oxygen atoms in total. The fraction of sp³-hybridized carbons (Fsp3) is 0.520. The van der Waals surface area contributed by atoms with Crippen molar-refractivity contribution in [2.45, 2.75) is 58.5 Å². The number of hydrogen-bond donors (Lipinski definition) is 3. The van der Waals surface area contributed by atoms with Crippen LogP contribution in [-0.2, 0) is 11.2 Å². The predicted molar refractivity (Wildman–Crippen MR) is 143 cm³/mol. The highest BCUT2D eigenvalue weighted by molar-refractivity contribution is 7.22. The van der Waals surface area contributed by atoms with Crippen LogP contribution < -0.4 is 15.5 Å². The molecule has 11 heteroatoms. The first kappa shape index (κ1) is 26.4. The highest BCUT2D eigenvalue weighted by Gasteiger charge is 2.32. The lowest BCUT2D eigenvalue weighted by molar-refractivity contribution is 0.0528. The van der Waals surface area contributed by atoms with Crippen molar-refractivity contribution >= 4 is 50.2 Å². The minimum atomic E-state index is -0.330. The Balaban J connectivity index is 1.51. The van der Waals surface area contributed by atoms with Crippen molar-refractivity contribution in [1.29, 1.82) is 0 Å². The highest BCUT2D eigenvalue weighted by Crippen LogP contribution is 2.33. The Morgan fingerprint density at radius 2 is 2.08 bits per heavy atom. The Kier molecular flexibility index (Phi) is 8.81. The second-order valence-corrected chi connectivity index (χ2v) is 10.1. The maximum Gasteiger partial charge on any atom is 0.339 e. The Morgan fingerprint density at radius 1 is 1.25 bits per heavy atom. The number of aromatic nitrogens is 3. The molecule has 2 atom stereocenters. The number of carbonyl (C=O) groups excluding carboxylic acids is 2. The number of hydrogen-bond acceptors (Lipinski definition) is 8. The summed E-state index contributed by atoms with van der Waals surface area (Å²) in [6, 6.07) is 5.50. The van der Waals surface area contributed by atoms with Gasteiger partial charge in [-0.15, -0.1) is 0 Å². The van der Waals surface area contributed by atoms with Gasteiger partial charge in [-0.3, -0.25) is 4.79 Å². The third-order valence-corrected chi connectivity index (χ3v) is 7.81. The molecule has 0 unspecified atom stereocenters. The van der Waals surface area contributed by atoms with Gasteiger partial charge in [0, 0.05) is 25.2 Å². The van der Waals surface area contributed by atoms with E-state index in [2.05, 4.69) is 32.4 Å². The Bertz CT molecular complexity index is 1210. The summed E-state index contributed by atoms with van der Waals surface area (Å²) in [7, 11) is 0. The van der Waals surface area contributed by atoms with Gasteiger partial charge in [-0.05, 0) is 44.9 Å². The molecular weight excluding hydrogens is 500 g/mol. The molecule has 0 aliphatic carbocycles. The summed E-state index contributed by atoms with van der Waals surface area (Å²) in [6.45, 7) is 8.52. The number of benzene rings is 1. The highest BCUT2D eigenvalue weighted by atomic mass is 35.5. The molecule has 3 heterocycles. The monoisotopic (exact) mass is 532 g/mol. The quantitative estimate of drug-likeness (QED) is 0.265. The molecule has 1 aliphatic heterocycles. The number of aryl methyl sites for hydroxylation is 1. The Morgan fingerprint density at radius 3 is 2.81 bits per heavy atom. The van der Waals surface area contributed by atoms with Gasteiger partial charge in [0.2, 0.25) is 0 Å². The van der Waals surface area contributed by atoms with E-state index in [-0.39, 0.29) is 29.8 Å². The smallest absolute Gasteiger partial charge is 0.339 e. The lowest BCUT2D eigenvalue weighted by Gasteiger charge is -2.39. The number of piperidine rings is 1. The molecule has 194 valence electrons. The molecule has 1 aromatic carbocycles. The topological polar surface area (TPSA) is 112 Å². The van der Waals surface area contributed by atoms with E-state index < -0.39 is 0 Å². The van der Waals surface area contributed by atoms with Crippen molar-refractivity contribution < 1.29 is 14.3 Å². The van der Waals surface area contributed by atoms with Gasteiger partial charge >= 0.3 is 5.97 Å². The lowest BCUT2D eigenvalue weighted by atomic mass is 9.99. The van der Waals surface area contributed by atoms with Crippen LogP contribution in [-0.4, -0.2) is 65.2 Å². The third kappa shape index (κ3) is 5.82. The van der Waals surface area contributed by atoms with E-state index in [0.29, 0.717) is 30.3 Å². The molecule has 36 heavy (non-hydrogen) atoms. The van der Waals surface area contributed by atoms with Gasteiger partial charge in [0.25, 0.3) is 5.91 Å². The van der Waals surface area contributed by atoms with E-state index in [1.807, 2.05) is 19.1 Å². The first-order chi connectivity index (χ1) is 17.4. The number of nitrogens with one attached hydrogen (secondary N) is 3. The maximum atomic E-state index is 12.9. The number of anilines is 1. The van der Waals surface area contributed by atoms with Crippen molar-refractivity contribution in [3.05, 3.63) is 40.4 Å². The van der Waals surface area contributed by atoms with Crippen LogP contribution in [0.15, 0.2) is 18.2 Å². The van der Waals surface area contributed by atoms with Crippen molar-refractivity contribution in [2.75, 3.05) is 31.1 Å². The number of esters is 1. The number of rotatable bonds is 10. The third-order valence-electron chi connectivity index (χ3n) is 6.33. The molecule has 0 radical (unpaired) electrons. The van der Waals surface area contributed by atoms with Gasteiger partial charge in [0.05, 0.1) is 28.1 Å². The molecule has 1 amide bonds. The average Bonchev–Trinajstić information content (AvgIpc) is 3.48. The zero-order valence-corrected chi connectivity index (χ0v) is 22.5. The number of fused-ring (bicyclic) bond motifs is 1. The van der Waals surface area contributed by atoms with Crippen LogP contribution in [0.5, 0.6) is 0 Å². The summed E-state index contributed by atoms with van der Waals surface area (Å²) in [4.78, 5) is 39.6. The second kappa shape index (κ2) is 12.0. The van der Waals surface area contributed by atoms with Crippen LogP contribution in [0.4, 0.5) is 5.13 Å². The number of ether oxygens (including phenoxy) is 1. The number of amides is 1. The number of H-pyrrole nitrogens is 1. The Hall–Kier alpha value is -2.69. The summed E-state index contributed by atoms with van der Waals surface area (Å²) in [5.41, 5.74) is 2.08. The van der Waals surface area contributed by atoms with E-state index in [0.717, 1.165) is 53.4 Å². The van der Waals surface area contributed by atoms with Crippen LogP contribution in [0.1, 0.15) is 66.7 Å². The van der Waals surface area contributed by atoms with Crippen molar-refractivity contribution in [2.24, 2.45) is 0 Å². The van der Waals surface area contributed by atoms with Crippen LogP contribution in [0.25, 0.3) is 10.2 Å². The molecule has 0 spiro atoms. The number of carbonyl (C=O) groups is 2. The number of thiazole rings is 1. The summed E-state index contributed by atoms with van der Waals surface area (Å²) < 4.78 is 6.06. The van der Waals surface area contributed by atoms with Crippen molar-refractivity contribution in [3.8, 4) is 0 Å². The molecular formula is C25H33ClN6O3S. The fourth-order valence-electron chi connectivity index (χ4n) is 4.38. The van der Waals surface area contributed by atoms with E-state index in [4.69, 9.17) is 21.3 Å². The zero-order valence-electron chi connectivity index (χ0n) is 20.9. The van der Waals surface area contributed by atoms with Gasteiger partial charge in [-0.2, -0.15) is 0 Å². The zero-order chi connectivity index (χ0) is 25.7. The standard InChI is InChI=1S/C25H33ClN6O3S/c1-4-7-12-27-19-14-32(13-11-17(19)29-23(33)22-28-16(5-2)21(26)31-22)25-30-18-10-8-9-15(20(18)36-25)24(34)35-6-3/h8-10,17,19,27H,4-7,11-14H2,1-3H3,(H,28,31)(H,29,33)/t17-,19-/m0/s1. The number of aromatic amines is 1. The summed E-state index contributed by atoms with van der Waals surface area (Å²) in [5.74, 6) is -0.344. The molecule has 2 aromatic heterocycles. The van der Waals surface area contributed by atoms with Gasteiger partial charge in [-0.1, -0.05) is 49.3 Å². The van der Waals surface area contributed by atoms with Crippen LogP contribution in [0.2, 0.25) is 5.15 Å². The summed E-state index contributed by atoms with van der Waals surface area (Å²) >= 11 is 7.64. The summed E-state index contributed by atoms with van der Waals surface area (Å²) in [5, 5.41) is 7.98. The maximum absolute atomic E-state index is 12.9. The molecule has 0 bridgehead atoms. The van der Waals surface area contributed by atoms with Crippen LogP contribution in [0, 0.1) is 0 Å². The number of nitrogens with zero attached hydrogens (tertiary/aromatic N) is 3. The molecule has 1 saturated heterocycles. The number of unbranched alkanes of at least 4 members (excludes halogenated alkanes) is 1. The molecule has 0 saturated carbocycles. The first-order valence-electron chi connectivity index (χ1n) is 12.5. The predicted octanol–water partition coefficient (Wildman–Crippen LogP) is 4.18. The first-order valence-corrected chi connectivity index (χ1v) is 13.7. The lowest BCUT2D eigenvalue weighted by Crippen LogP contribution is -2.59. The summed E-state index contributed by atoms with van der Waals surface area (Å²) in [6.07, 6.45) is 3.55. The molecule has 4 rings (SSSR count). The van der Waals surface area contributed by atoms with E-state index in [9.17, 15) is 9.59 Å². The van der Waals surface area contributed by atoms with Crippen molar-refractivity contribution in [1.82, 2.24) is 25.6 Å². The van der Waals surface area contributed by atoms with Gasteiger partial charge in [-0.25, -0.2) is 14.8 Å². The van der Waals surface area contributed by atoms with E-state index in [1.54, 1.807) is 13.0 Å². The molecule has 1 fully saturated rings. The minimum absolute atomic E-state index is 0.0295. The molecule has 1 aliphatic rings. The van der Waals surface area contributed by atoms with Gasteiger partial charge < -0.3 is 25.3 Å². The average molecular weight is 533 g/mol. The normalized spacial score (nSPS) is 17.9. The van der Waals surface area contributed by atoms with Crippen LogP contribution in [0.3, 0.4) is 0 Å². The second-order valence-electron chi connectivity index (χ2n) is 8.81. The van der Waals surface area contributed by atoms with Gasteiger partial charge in [0.15, 0.2) is 16.1 Å². The van der Waals surface area contributed by atoms with Crippen molar-refractivity contribution in [3.63, 3.8) is 0 Å². The Labute approximate surface area is 220 Å². The molecule has 3 N–H and O–H groups in total. The fourth-order valence-corrected chi connectivity index (χ4v) is 5.74. The van der Waals surface area contributed by atoms with Gasteiger partial charge in [0.1, 0.15) is 0 Å². The van der Waals surface area contributed by atoms with E-state index in [1.165, 1.54) is 11.3 Å². The van der Waals surface area contributed by atoms with Crippen LogP contribution >= 0.6 is 22.9 Å².